The van der Waals surface area contributed by atoms with Crippen LogP contribution in [0.4, 0.5) is 4.39 Å². The van der Waals surface area contributed by atoms with Gasteiger partial charge < -0.3 is 14.7 Å². The Morgan fingerprint density at radius 1 is 1.40 bits per heavy atom. The van der Waals surface area contributed by atoms with Crippen LogP contribution in [0.1, 0.15) is 18.9 Å². The summed E-state index contributed by atoms with van der Waals surface area (Å²) in [6.45, 7) is 1.68. The first-order chi connectivity index (χ1) is 9.49. The van der Waals surface area contributed by atoms with Gasteiger partial charge in [-0.05, 0) is 25.0 Å². The van der Waals surface area contributed by atoms with Crippen molar-refractivity contribution in [2.45, 2.75) is 19.8 Å². The number of halogens is 1. The summed E-state index contributed by atoms with van der Waals surface area (Å²) >= 11 is 0. The number of carbonyl (C=O) groups excluding carboxylic acids is 1. The highest BCUT2D eigenvalue weighted by molar-refractivity contribution is 5.81. The van der Waals surface area contributed by atoms with Crippen LogP contribution >= 0.6 is 0 Å². The molecule has 0 saturated heterocycles. The molecule has 0 aromatic heterocycles. The fraction of sp³-hybridized carbons (Fsp3) is 0.429. The number of methoxy groups -OCH3 is 1. The average molecular weight is 283 g/mol. The third-order valence-electron chi connectivity index (χ3n) is 2.93. The number of hydrogen-bond donors (Lipinski definition) is 1. The Morgan fingerprint density at radius 3 is 2.65 bits per heavy atom. The Morgan fingerprint density at radius 2 is 2.10 bits per heavy atom. The normalized spacial score (nSPS) is 10.2. The van der Waals surface area contributed by atoms with Gasteiger partial charge in [0.15, 0.2) is 11.6 Å². The molecule has 0 unspecified atom stereocenters. The summed E-state index contributed by atoms with van der Waals surface area (Å²) in [6, 6.07) is 4.73. The zero-order valence-corrected chi connectivity index (χ0v) is 11.6. The van der Waals surface area contributed by atoms with Crippen molar-refractivity contribution in [3.8, 4) is 5.75 Å². The van der Waals surface area contributed by atoms with E-state index in [1.54, 1.807) is 19.1 Å². The Hall–Kier alpha value is -2.11. The molecule has 110 valence electrons. The second kappa shape index (κ2) is 7.47. The number of amides is 1. The van der Waals surface area contributed by atoms with Gasteiger partial charge in [-0.2, -0.15) is 0 Å². The molecule has 0 heterocycles. The van der Waals surface area contributed by atoms with Gasteiger partial charge in [0, 0.05) is 13.0 Å². The molecule has 5 nitrogen and oxygen atoms in total. The quantitative estimate of drug-likeness (QED) is 0.827. The smallest absolute Gasteiger partial charge is 0.323 e. The SMILES string of the molecule is CCN(CC(=O)O)C(=O)CCc1cccc(OC)c1F. The van der Waals surface area contributed by atoms with E-state index in [0.717, 1.165) is 0 Å². The van der Waals surface area contributed by atoms with Gasteiger partial charge in [0.05, 0.1) is 7.11 Å². The lowest BCUT2D eigenvalue weighted by Gasteiger charge is -2.18. The highest BCUT2D eigenvalue weighted by Crippen LogP contribution is 2.21. The van der Waals surface area contributed by atoms with Crippen molar-refractivity contribution < 1.29 is 23.8 Å². The molecule has 20 heavy (non-hydrogen) atoms. The number of ether oxygens (including phenoxy) is 1. The molecule has 0 fully saturated rings. The number of aliphatic carboxylic acids is 1. The lowest BCUT2D eigenvalue weighted by Crippen LogP contribution is -2.35. The van der Waals surface area contributed by atoms with Gasteiger partial charge in [-0.3, -0.25) is 9.59 Å². The molecule has 6 heteroatoms. The summed E-state index contributed by atoms with van der Waals surface area (Å²) < 4.78 is 18.7. The predicted octanol–water partition coefficient (Wildman–Crippen LogP) is 1.70. The first kappa shape index (κ1) is 15.9. The maximum Gasteiger partial charge on any atom is 0.323 e. The second-order valence-electron chi connectivity index (χ2n) is 4.24. The van der Waals surface area contributed by atoms with Crippen molar-refractivity contribution in [1.82, 2.24) is 4.90 Å². The number of carbonyl (C=O) groups is 2. The molecule has 1 amide bonds. The van der Waals surface area contributed by atoms with Crippen LogP contribution in [0, 0.1) is 5.82 Å². The molecular formula is C14H18FNO4. The fourth-order valence-electron chi connectivity index (χ4n) is 1.85. The molecule has 0 aliphatic rings. The van der Waals surface area contributed by atoms with Gasteiger partial charge in [-0.15, -0.1) is 0 Å². The number of nitrogens with zero attached hydrogens (tertiary/aromatic N) is 1. The lowest BCUT2D eigenvalue weighted by atomic mass is 10.1. The fourth-order valence-corrected chi connectivity index (χ4v) is 1.85. The number of aryl methyl sites for hydroxylation is 1. The van der Waals surface area contributed by atoms with Crippen LogP contribution in [0.25, 0.3) is 0 Å². The minimum Gasteiger partial charge on any atom is -0.494 e. The van der Waals surface area contributed by atoms with Gasteiger partial charge in [-0.25, -0.2) is 4.39 Å². The van der Waals surface area contributed by atoms with E-state index in [-0.39, 0.29) is 31.0 Å². The lowest BCUT2D eigenvalue weighted by molar-refractivity contribution is -0.144. The van der Waals surface area contributed by atoms with Crippen molar-refractivity contribution in [3.05, 3.63) is 29.6 Å². The topological polar surface area (TPSA) is 66.8 Å². The third kappa shape index (κ3) is 4.22. The molecule has 0 saturated carbocycles. The molecule has 1 rings (SSSR count). The average Bonchev–Trinajstić information content (AvgIpc) is 2.43. The van der Waals surface area contributed by atoms with E-state index < -0.39 is 11.8 Å². The van der Waals surface area contributed by atoms with Crippen LogP contribution in [-0.2, 0) is 16.0 Å². The predicted molar refractivity (Wildman–Crippen MR) is 71.2 cm³/mol. The molecule has 0 radical (unpaired) electrons. The van der Waals surface area contributed by atoms with Gasteiger partial charge in [0.1, 0.15) is 6.54 Å². The van der Waals surface area contributed by atoms with E-state index in [1.807, 2.05) is 0 Å². The molecule has 0 spiro atoms. The highest BCUT2D eigenvalue weighted by Gasteiger charge is 2.16. The van der Waals surface area contributed by atoms with Crippen molar-refractivity contribution in [2.24, 2.45) is 0 Å². The minimum atomic E-state index is -1.06. The summed E-state index contributed by atoms with van der Waals surface area (Å²) in [6.07, 6.45) is 0.267. The molecular weight excluding hydrogens is 265 g/mol. The number of likely N-dealkylation sites (N-methyl/N-ethyl adjacent to an activating group) is 1. The van der Waals surface area contributed by atoms with E-state index in [2.05, 4.69) is 0 Å². The van der Waals surface area contributed by atoms with Crippen LogP contribution in [0.3, 0.4) is 0 Å². The van der Waals surface area contributed by atoms with Gasteiger partial charge in [-0.1, -0.05) is 12.1 Å². The van der Waals surface area contributed by atoms with Crippen molar-refractivity contribution >= 4 is 11.9 Å². The molecule has 0 aliphatic heterocycles. The number of carboxylic acid groups (broad SMARTS) is 1. The second-order valence-corrected chi connectivity index (χ2v) is 4.24. The van der Waals surface area contributed by atoms with Crippen LogP contribution in [0.2, 0.25) is 0 Å². The van der Waals surface area contributed by atoms with E-state index in [0.29, 0.717) is 12.1 Å². The van der Waals surface area contributed by atoms with E-state index in [1.165, 1.54) is 18.1 Å². The number of benzene rings is 1. The van der Waals surface area contributed by atoms with Crippen molar-refractivity contribution in [2.75, 3.05) is 20.2 Å². The van der Waals surface area contributed by atoms with Crippen LogP contribution in [0.15, 0.2) is 18.2 Å². The Bertz CT molecular complexity index is 490. The monoisotopic (exact) mass is 283 g/mol. The molecule has 1 N–H and O–H groups in total. The van der Waals surface area contributed by atoms with Gasteiger partial charge in [0.25, 0.3) is 0 Å². The Labute approximate surface area is 117 Å². The molecule has 0 bridgehead atoms. The van der Waals surface area contributed by atoms with Crippen LogP contribution in [-0.4, -0.2) is 42.1 Å². The number of hydrogen-bond acceptors (Lipinski definition) is 3. The zero-order chi connectivity index (χ0) is 15.1. The van der Waals surface area contributed by atoms with Crippen molar-refractivity contribution in [3.63, 3.8) is 0 Å². The zero-order valence-electron chi connectivity index (χ0n) is 11.6. The van der Waals surface area contributed by atoms with E-state index >= 15 is 0 Å². The third-order valence-corrected chi connectivity index (χ3v) is 2.93. The van der Waals surface area contributed by atoms with E-state index in [9.17, 15) is 14.0 Å². The van der Waals surface area contributed by atoms with Gasteiger partial charge >= 0.3 is 5.97 Å². The maximum absolute atomic E-state index is 13.9. The number of carboxylic acids is 1. The van der Waals surface area contributed by atoms with Gasteiger partial charge in [0.2, 0.25) is 5.91 Å². The Kier molecular flexibility index (Phi) is 5.96. The molecule has 0 atom stereocenters. The summed E-state index contributed by atoms with van der Waals surface area (Å²) in [5.41, 5.74) is 0.379. The molecule has 1 aromatic carbocycles. The summed E-state index contributed by atoms with van der Waals surface area (Å²) in [5, 5.41) is 8.69. The van der Waals surface area contributed by atoms with E-state index in [4.69, 9.17) is 9.84 Å². The maximum atomic E-state index is 13.9. The van der Waals surface area contributed by atoms with Crippen molar-refractivity contribution in [1.29, 1.82) is 0 Å². The first-order valence-electron chi connectivity index (χ1n) is 6.30. The summed E-state index contributed by atoms with van der Waals surface area (Å²) in [4.78, 5) is 23.7. The minimum absolute atomic E-state index is 0.0607. The summed E-state index contributed by atoms with van der Waals surface area (Å²) in [7, 11) is 1.37. The molecule has 1 aromatic rings. The number of rotatable bonds is 7. The standard InChI is InChI=1S/C14H18FNO4/c1-3-16(9-13(18)19)12(17)8-7-10-5-4-6-11(20-2)14(10)15/h4-6H,3,7-9H2,1-2H3,(H,18,19). The van der Waals surface area contributed by atoms with Crippen LogP contribution < -0.4 is 4.74 Å². The molecule has 0 aliphatic carbocycles. The Balaban J connectivity index is 2.67. The first-order valence-corrected chi connectivity index (χ1v) is 6.30. The largest absolute Gasteiger partial charge is 0.494 e. The van der Waals surface area contributed by atoms with Crippen LogP contribution in [0.5, 0.6) is 5.75 Å². The summed E-state index contributed by atoms with van der Waals surface area (Å²) in [5.74, 6) is -1.72. The highest BCUT2D eigenvalue weighted by atomic mass is 19.1.